The van der Waals surface area contributed by atoms with E-state index in [1.54, 1.807) is 24.3 Å². The van der Waals surface area contributed by atoms with Crippen molar-refractivity contribution in [2.75, 3.05) is 17.1 Å². The highest BCUT2D eigenvalue weighted by Gasteiger charge is 2.60. The molecule has 3 unspecified atom stereocenters. The van der Waals surface area contributed by atoms with Crippen molar-refractivity contribution >= 4 is 28.9 Å². The number of ether oxygens (including phenoxy) is 1. The molecule has 2 aliphatic rings. The number of benzene rings is 3. The van der Waals surface area contributed by atoms with Crippen molar-refractivity contribution in [2.24, 2.45) is 5.92 Å². The Balaban J connectivity index is 1.59. The molecule has 0 aliphatic carbocycles. The van der Waals surface area contributed by atoms with E-state index in [0.717, 1.165) is 21.7 Å². The maximum atomic E-state index is 13.7. The van der Waals surface area contributed by atoms with Crippen molar-refractivity contribution < 1.29 is 24.1 Å². The van der Waals surface area contributed by atoms with Crippen LogP contribution in [-0.2, 0) is 14.4 Å². The molecule has 172 valence electrons. The van der Waals surface area contributed by atoms with E-state index >= 15 is 0 Å². The van der Waals surface area contributed by atoms with E-state index in [9.17, 15) is 19.7 Å². The minimum atomic E-state index is -1.06. The number of carbonyl (C=O) groups is 2. The lowest BCUT2D eigenvalue weighted by Gasteiger charge is -2.29. The first-order valence-corrected chi connectivity index (χ1v) is 10.7. The zero-order valence-electron chi connectivity index (χ0n) is 18.5. The van der Waals surface area contributed by atoms with Gasteiger partial charge in [0.2, 0.25) is 5.91 Å². The van der Waals surface area contributed by atoms with Crippen molar-refractivity contribution in [3.05, 3.63) is 94.0 Å². The highest BCUT2D eigenvalue weighted by molar-refractivity contribution is 6.24. The van der Waals surface area contributed by atoms with Crippen LogP contribution in [0.4, 0.5) is 17.1 Å². The molecule has 2 aliphatic heterocycles. The average molecular weight is 459 g/mol. The number of hydrogen-bond acceptors (Lipinski definition) is 7. The second kappa shape index (κ2) is 8.27. The van der Waals surface area contributed by atoms with Gasteiger partial charge >= 0.3 is 0 Å². The molecule has 2 heterocycles. The predicted molar refractivity (Wildman–Crippen MR) is 123 cm³/mol. The molecule has 0 spiro atoms. The van der Waals surface area contributed by atoms with Gasteiger partial charge < -0.3 is 4.74 Å². The third-order valence-corrected chi connectivity index (χ3v) is 6.22. The molecule has 0 aromatic heterocycles. The number of hydrogen-bond donors (Lipinski definition) is 0. The molecular weight excluding hydrogens is 438 g/mol. The summed E-state index contributed by atoms with van der Waals surface area (Å²) in [4.78, 5) is 44.8. The topological polar surface area (TPSA) is 102 Å². The maximum Gasteiger partial charge on any atom is 0.271 e. The Hall–Kier alpha value is -4.24. The van der Waals surface area contributed by atoms with Crippen LogP contribution in [0.3, 0.4) is 0 Å². The number of non-ortho nitro benzene ring substituents is 1. The molecule has 3 aromatic carbocycles. The summed E-state index contributed by atoms with van der Waals surface area (Å²) in [6.07, 6.45) is -1.06. The number of imide groups is 1. The largest absolute Gasteiger partial charge is 0.497 e. The molecule has 0 radical (unpaired) electrons. The van der Waals surface area contributed by atoms with Crippen LogP contribution in [0.2, 0.25) is 0 Å². The molecular formula is C25H21N3O6. The van der Waals surface area contributed by atoms with Crippen LogP contribution in [-0.4, -0.2) is 30.0 Å². The number of rotatable bonds is 5. The minimum Gasteiger partial charge on any atom is -0.497 e. The van der Waals surface area contributed by atoms with Gasteiger partial charge in [-0.2, -0.15) is 0 Å². The molecule has 3 aromatic rings. The summed E-state index contributed by atoms with van der Waals surface area (Å²) in [6, 6.07) is 19.7. The van der Waals surface area contributed by atoms with Crippen molar-refractivity contribution in [1.29, 1.82) is 0 Å². The molecule has 5 rings (SSSR count). The van der Waals surface area contributed by atoms with Gasteiger partial charge in [0.25, 0.3) is 11.6 Å². The second-order valence-electron chi connectivity index (χ2n) is 8.17. The Morgan fingerprint density at radius 1 is 0.971 bits per heavy atom. The number of carbonyl (C=O) groups excluding carboxylic acids is 2. The maximum absolute atomic E-state index is 13.7. The summed E-state index contributed by atoms with van der Waals surface area (Å²) >= 11 is 0. The quantitative estimate of drug-likeness (QED) is 0.323. The van der Waals surface area contributed by atoms with Crippen LogP contribution in [0, 0.1) is 23.0 Å². The fourth-order valence-corrected chi connectivity index (χ4v) is 4.57. The third-order valence-electron chi connectivity index (χ3n) is 6.22. The van der Waals surface area contributed by atoms with E-state index in [-0.39, 0.29) is 11.4 Å². The van der Waals surface area contributed by atoms with Gasteiger partial charge in [0.05, 0.1) is 29.4 Å². The Morgan fingerprint density at radius 2 is 1.71 bits per heavy atom. The number of anilines is 2. The zero-order valence-corrected chi connectivity index (χ0v) is 18.5. The van der Waals surface area contributed by atoms with Gasteiger partial charge in [0.15, 0.2) is 6.10 Å². The van der Waals surface area contributed by atoms with Crippen LogP contribution in [0.25, 0.3) is 0 Å². The van der Waals surface area contributed by atoms with E-state index < -0.39 is 34.8 Å². The Bertz CT molecular complexity index is 1290. The number of methoxy groups -OCH3 is 1. The predicted octanol–water partition coefficient (Wildman–Crippen LogP) is 3.96. The van der Waals surface area contributed by atoms with Crippen molar-refractivity contribution in [3.8, 4) is 5.75 Å². The Kier molecular flexibility index (Phi) is 5.25. The van der Waals surface area contributed by atoms with E-state index in [1.165, 1.54) is 24.3 Å². The highest BCUT2D eigenvalue weighted by atomic mass is 16.7. The number of hydroxylamine groups is 1. The van der Waals surface area contributed by atoms with Crippen LogP contribution in [0.5, 0.6) is 5.75 Å². The monoisotopic (exact) mass is 459 g/mol. The van der Waals surface area contributed by atoms with Gasteiger partial charge in [-0.25, -0.2) is 9.96 Å². The SMILES string of the molecule is COc1ccc(C2C3C(=O)N(c4cccc([N+](=O)[O-])c4)C(=O)C3ON2c2ccccc2C)cc1. The minimum absolute atomic E-state index is 0.151. The molecule has 0 N–H and O–H groups in total. The molecule has 3 atom stereocenters. The first-order chi connectivity index (χ1) is 16.4. The molecule has 0 bridgehead atoms. The van der Waals surface area contributed by atoms with Gasteiger partial charge in [0.1, 0.15) is 11.7 Å². The first kappa shape index (κ1) is 21.6. The van der Waals surface area contributed by atoms with Crippen LogP contribution in [0.15, 0.2) is 72.8 Å². The van der Waals surface area contributed by atoms with Gasteiger partial charge in [-0.1, -0.05) is 36.4 Å². The van der Waals surface area contributed by atoms with Gasteiger partial charge in [0, 0.05) is 12.1 Å². The first-order valence-electron chi connectivity index (χ1n) is 10.7. The van der Waals surface area contributed by atoms with E-state index in [2.05, 4.69) is 0 Å². The fraction of sp³-hybridized carbons (Fsp3) is 0.200. The number of nitro groups is 1. The van der Waals surface area contributed by atoms with Gasteiger partial charge in [-0.15, -0.1) is 0 Å². The lowest BCUT2D eigenvalue weighted by atomic mass is 9.90. The van der Waals surface area contributed by atoms with E-state index in [4.69, 9.17) is 9.57 Å². The lowest BCUT2D eigenvalue weighted by Crippen LogP contribution is -2.37. The van der Waals surface area contributed by atoms with Gasteiger partial charge in [-0.05, 0) is 42.3 Å². The summed E-state index contributed by atoms with van der Waals surface area (Å²) in [5.41, 5.74) is 2.40. The molecule has 2 amide bonds. The summed E-state index contributed by atoms with van der Waals surface area (Å²) in [5.74, 6) is -1.19. The van der Waals surface area contributed by atoms with Crippen LogP contribution in [0.1, 0.15) is 17.2 Å². The number of nitro benzene ring substituents is 1. The molecule has 2 fully saturated rings. The van der Waals surface area contributed by atoms with Crippen molar-refractivity contribution in [1.82, 2.24) is 0 Å². The summed E-state index contributed by atoms with van der Waals surface area (Å²) in [6.45, 7) is 1.93. The number of fused-ring (bicyclic) bond motifs is 1. The van der Waals surface area contributed by atoms with Gasteiger partial charge in [-0.3, -0.25) is 24.5 Å². The second-order valence-corrected chi connectivity index (χ2v) is 8.17. The smallest absolute Gasteiger partial charge is 0.271 e. The summed E-state index contributed by atoms with van der Waals surface area (Å²) in [5, 5.41) is 12.9. The lowest BCUT2D eigenvalue weighted by molar-refractivity contribution is -0.384. The number of amides is 2. The van der Waals surface area contributed by atoms with E-state index in [0.29, 0.717) is 5.75 Å². The molecule has 2 saturated heterocycles. The Morgan fingerprint density at radius 3 is 2.38 bits per heavy atom. The Labute approximate surface area is 195 Å². The third kappa shape index (κ3) is 3.37. The molecule has 9 nitrogen and oxygen atoms in total. The number of para-hydroxylation sites is 1. The van der Waals surface area contributed by atoms with Crippen LogP contribution >= 0.6 is 0 Å². The average Bonchev–Trinajstić information content (AvgIpc) is 3.35. The molecule has 34 heavy (non-hydrogen) atoms. The zero-order chi connectivity index (χ0) is 24.0. The standard InChI is InChI=1S/C25H21N3O6/c1-15-6-3-4-9-20(15)27-22(16-10-12-19(33-2)13-11-16)21-23(34-27)25(30)26(24(21)29)17-7-5-8-18(14-17)28(31)32/h3-14,21-23H,1-2H3. The van der Waals surface area contributed by atoms with Crippen LogP contribution < -0.4 is 14.7 Å². The number of nitrogens with zero attached hydrogens (tertiary/aromatic N) is 3. The number of aryl methyl sites for hydroxylation is 1. The highest BCUT2D eigenvalue weighted by Crippen LogP contribution is 2.48. The molecule has 9 heteroatoms. The van der Waals surface area contributed by atoms with Crippen molar-refractivity contribution in [2.45, 2.75) is 19.1 Å². The van der Waals surface area contributed by atoms with Crippen molar-refractivity contribution in [3.63, 3.8) is 0 Å². The van der Waals surface area contributed by atoms with E-state index in [1.807, 2.05) is 43.3 Å². The normalized spacial score (nSPS) is 21.6. The summed E-state index contributed by atoms with van der Waals surface area (Å²) in [7, 11) is 1.57. The fourth-order valence-electron chi connectivity index (χ4n) is 4.57. The molecule has 0 saturated carbocycles. The summed E-state index contributed by atoms with van der Waals surface area (Å²) < 4.78 is 5.26.